The lowest BCUT2D eigenvalue weighted by molar-refractivity contribution is 0.551. The average Bonchev–Trinajstić information content (AvgIpc) is 2.95. The number of hydrogen-bond donors (Lipinski definition) is 1. The van der Waals surface area contributed by atoms with Crippen LogP contribution in [0.2, 0.25) is 10.0 Å². The van der Waals surface area contributed by atoms with Gasteiger partial charge in [0.15, 0.2) is 0 Å². The van der Waals surface area contributed by atoms with Crippen molar-refractivity contribution in [3.8, 4) is 0 Å². The molecule has 0 amide bonds. The van der Waals surface area contributed by atoms with Gasteiger partial charge in [-0.15, -0.1) is 0 Å². The Kier molecular flexibility index (Phi) is 5.44. The molecule has 0 saturated carbocycles. The summed E-state index contributed by atoms with van der Waals surface area (Å²) in [5.74, 6) is 1.06. The van der Waals surface area contributed by atoms with Crippen LogP contribution in [0.25, 0.3) is 0 Å². The summed E-state index contributed by atoms with van der Waals surface area (Å²) in [6.07, 6.45) is 2.98. The monoisotopic (exact) mass is 447 g/mol. The molecule has 22 heavy (non-hydrogen) atoms. The summed E-state index contributed by atoms with van der Waals surface area (Å²) < 4.78 is 1.21. The van der Waals surface area contributed by atoms with Crippen LogP contribution in [0.4, 0.5) is 5.82 Å². The first-order valence-corrected chi connectivity index (χ1v) is 8.99. The second-order valence-corrected chi connectivity index (χ2v) is 7.47. The summed E-state index contributed by atoms with van der Waals surface area (Å²) in [5, 5.41) is 4.96. The third-order valence-corrected chi connectivity index (χ3v) is 5.07. The summed E-state index contributed by atoms with van der Waals surface area (Å²) >= 11 is 14.5. The summed E-state index contributed by atoms with van der Waals surface area (Å²) in [4.78, 5) is 6.78. The average molecular weight is 448 g/mol. The molecule has 116 valence electrons. The highest BCUT2D eigenvalue weighted by atomic mass is 127. The quantitative estimate of drug-likeness (QED) is 0.705. The predicted octanol–water partition coefficient (Wildman–Crippen LogP) is 4.36. The number of hydrogen-bond acceptors (Lipinski definition) is 3. The number of aromatic nitrogens is 1. The van der Waals surface area contributed by atoms with Crippen molar-refractivity contribution in [2.75, 3.05) is 18.0 Å². The SMILES string of the molecule is Clc1ccc(CN[C@H]2CCN(c3cc(I)ccn3)C2)c(Cl)c1. The molecule has 2 heterocycles. The first-order valence-electron chi connectivity index (χ1n) is 7.15. The fourth-order valence-electron chi connectivity index (χ4n) is 2.62. The summed E-state index contributed by atoms with van der Waals surface area (Å²) in [6.45, 7) is 2.76. The first-order chi connectivity index (χ1) is 10.6. The van der Waals surface area contributed by atoms with Crippen LogP contribution in [0.3, 0.4) is 0 Å². The van der Waals surface area contributed by atoms with Crippen molar-refractivity contribution < 1.29 is 0 Å². The predicted molar refractivity (Wildman–Crippen MR) is 101 cm³/mol. The molecule has 1 N–H and O–H groups in total. The zero-order valence-electron chi connectivity index (χ0n) is 11.9. The minimum absolute atomic E-state index is 0.450. The Morgan fingerprint density at radius 3 is 2.91 bits per heavy atom. The smallest absolute Gasteiger partial charge is 0.129 e. The zero-order valence-corrected chi connectivity index (χ0v) is 15.6. The number of anilines is 1. The highest BCUT2D eigenvalue weighted by Gasteiger charge is 2.23. The van der Waals surface area contributed by atoms with Crippen molar-refractivity contribution >= 4 is 51.6 Å². The molecule has 0 spiro atoms. The molecule has 0 aliphatic carbocycles. The molecule has 1 aromatic heterocycles. The van der Waals surface area contributed by atoms with Crippen LogP contribution in [0.1, 0.15) is 12.0 Å². The number of benzene rings is 1. The van der Waals surface area contributed by atoms with Gasteiger partial charge in [0.25, 0.3) is 0 Å². The van der Waals surface area contributed by atoms with Crippen molar-refractivity contribution in [2.45, 2.75) is 19.0 Å². The molecule has 3 rings (SSSR count). The fourth-order valence-corrected chi connectivity index (χ4v) is 3.54. The van der Waals surface area contributed by atoms with E-state index in [-0.39, 0.29) is 0 Å². The van der Waals surface area contributed by atoms with Crippen molar-refractivity contribution in [2.24, 2.45) is 0 Å². The van der Waals surface area contributed by atoms with Gasteiger partial charge in [-0.1, -0.05) is 29.3 Å². The van der Waals surface area contributed by atoms with Crippen LogP contribution in [0.15, 0.2) is 36.5 Å². The van der Waals surface area contributed by atoms with Gasteiger partial charge in [0.1, 0.15) is 5.82 Å². The molecule has 0 bridgehead atoms. The molecule has 3 nitrogen and oxygen atoms in total. The van der Waals surface area contributed by atoms with Crippen molar-refractivity contribution in [3.63, 3.8) is 0 Å². The summed E-state index contributed by atoms with van der Waals surface area (Å²) in [7, 11) is 0. The van der Waals surface area contributed by atoms with E-state index in [1.165, 1.54) is 3.57 Å². The maximum absolute atomic E-state index is 6.21. The molecule has 1 atom stereocenters. The number of nitrogens with one attached hydrogen (secondary N) is 1. The molecule has 0 unspecified atom stereocenters. The summed E-state index contributed by atoms with van der Waals surface area (Å²) in [6, 6.07) is 10.2. The van der Waals surface area contributed by atoms with Crippen molar-refractivity contribution in [1.29, 1.82) is 0 Å². The van der Waals surface area contributed by atoms with E-state index in [2.05, 4.69) is 43.9 Å². The van der Waals surface area contributed by atoms with Crippen LogP contribution >= 0.6 is 45.8 Å². The lowest BCUT2D eigenvalue weighted by atomic mass is 10.2. The molecule has 1 fully saturated rings. The topological polar surface area (TPSA) is 28.2 Å². The highest BCUT2D eigenvalue weighted by Crippen LogP contribution is 2.23. The molecule has 0 radical (unpaired) electrons. The maximum atomic E-state index is 6.21. The second-order valence-electron chi connectivity index (χ2n) is 5.38. The third kappa shape index (κ3) is 4.04. The molecule has 2 aromatic rings. The Balaban J connectivity index is 1.57. The van der Waals surface area contributed by atoms with E-state index in [0.29, 0.717) is 16.1 Å². The molecule has 1 aliphatic rings. The number of nitrogens with zero attached hydrogens (tertiary/aromatic N) is 2. The molecule has 6 heteroatoms. The molecule has 1 saturated heterocycles. The Morgan fingerprint density at radius 1 is 1.27 bits per heavy atom. The Bertz CT molecular complexity index is 666. The van der Waals surface area contributed by atoms with E-state index in [4.69, 9.17) is 23.2 Å². The van der Waals surface area contributed by atoms with Crippen LogP contribution in [-0.4, -0.2) is 24.1 Å². The van der Waals surface area contributed by atoms with E-state index < -0.39 is 0 Å². The van der Waals surface area contributed by atoms with E-state index in [9.17, 15) is 0 Å². The largest absolute Gasteiger partial charge is 0.355 e. The highest BCUT2D eigenvalue weighted by molar-refractivity contribution is 14.1. The minimum Gasteiger partial charge on any atom is -0.355 e. The van der Waals surface area contributed by atoms with Gasteiger partial charge < -0.3 is 10.2 Å². The normalized spacial score (nSPS) is 18.0. The van der Waals surface area contributed by atoms with Gasteiger partial charge in [-0.2, -0.15) is 0 Å². The lowest BCUT2D eigenvalue weighted by Gasteiger charge is -2.18. The molecule has 1 aromatic carbocycles. The van der Waals surface area contributed by atoms with E-state index >= 15 is 0 Å². The van der Waals surface area contributed by atoms with E-state index in [1.807, 2.05) is 24.4 Å². The number of pyridine rings is 1. The van der Waals surface area contributed by atoms with Crippen molar-refractivity contribution in [1.82, 2.24) is 10.3 Å². The Hall–Kier alpha value is -0.560. The standard InChI is InChI=1S/C16H16Cl2IN3/c17-12-2-1-11(15(18)7-12)9-21-14-4-6-22(10-14)16-8-13(19)3-5-20-16/h1-3,5,7-8,14,21H,4,6,9-10H2/t14-/m0/s1. The van der Waals surface area contributed by atoms with Gasteiger partial charge in [-0.05, 0) is 58.8 Å². The minimum atomic E-state index is 0.450. The van der Waals surface area contributed by atoms with E-state index in [0.717, 1.165) is 37.4 Å². The molecular weight excluding hydrogens is 432 g/mol. The van der Waals surface area contributed by atoms with Gasteiger partial charge in [0.05, 0.1) is 0 Å². The van der Waals surface area contributed by atoms with Gasteiger partial charge >= 0.3 is 0 Å². The van der Waals surface area contributed by atoms with Crippen LogP contribution < -0.4 is 10.2 Å². The van der Waals surface area contributed by atoms with Gasteiger partial charge in [0, 0.05) is 45.5 Å². The first kappa shape index (κ1) is 16.3. The Morgan fingerprint density at radius 2 is 2.14 bits per heavy atom. The van der Waals surface area contributed by atoms with Gasteiger partial charge in [-0.25, -0.2) is 4.98 Å². The maximum Gasteiger partial charge on any atom is 0.129 e. The van der Waals surface area contributed by atoms with Crippen LogP contribution in [0.5, 0.6) is 0 Å². The van der Waals surface area contributed by atoms with E-state index in [1.54, 1.807) is 6.07 Å². The number of halogens is 3. The third-order valence-electron chi connectivity index (χ3n) is 3.82. The van der Waals surface area contributed by atoms with Gasteiger partial charge in [-0.3, -0.25) is 0 Å². The number of rotatable bonds is 4. The fraction of sp³-hybridized carbons (Fsp3) is 0.312. The molecular formula is C16H16Cl2IN3. The Labute approximate surface area is 154 Å². The summed E-state index contributed by atoms with van der Waals surface area (Å²) in [5.41, 5.74) is 1.08. The van der Waals surface area contributed by atoms with Crippen molar-refractivity contribution in [3.05, 3.63) is 55.7 Å². The van der Waals surface area contributed by atoms with Crippen LogP contribution in [-0.2, 0) is 6.54 Å². The lowest BCUT2D eigenvalue weighted by Crippen LogP contribution is -2.32. The van der Waals surface area contributed by atoms with Crippen LogP contribution in [0, 0.1) is 3.57 Å². The molecule has 1 aliphatic heterocycles. The van der Waals surface area contributed by atoms with Gasteiger partial charge in [0.2, 0.25) is 0 Å². The second kappa shape index (κ2) is 7.34. The zero-order chi connectivity index (χ0) is 15.5.